The Morgan fingerprint density at radius 2 is 0.500 bits per heavy atom. The Morgan fingerprint density at radius 3 is 0.808 bits per heavy atom. The molecule has 1 unspecified atom stereocenters. The minimum atomic E-state index is -0.793. The first-order chi connectivity index (χ1) is 38.5. The number of hydrogen-bond donors (Lipinski definition) is 0. The van der Waals surface area contributed by atoms with Gasteiger partial charge in [0.25, 0.3) is 0 Å². The number of rotatable bonds is 60. The molecule has 0 aromatic rings. The van der Waals surface area contributed by atoms with Gasteiger partial charge in [-0.2, -0.15) is 0 Å². The van der Waals surface area contributed by atoms with E-state index in [-0.39, 0.29) is 37.5 Å². The third-order valence-corrected chi connectivity index (χ3v) is 14.3. The van der Waals surface area contributed by atoms with Crippen LogP contribution in [0, 0.1) is 0 Å². The summed E-state index contributed by atoms with van der Waals surface area (Å²) < 4.78 is 16.8. The van der Waals surface area contributed by atoms with Crippen molar-refractivity contribution in [2.24, 2.45) is 0 Å². The monoisotopic (exact) mass is 1080 g/mol. The van der Waals surface area contributed by atoms with Crippen molar-refractivity contribution in [2.75, 3.05) is 13.2 Å². The third kappa shape index (κ3) is 63.2. The van der Waals surface area contributed by atoms with Crippen LogP contribution in [0.5, 0.6) is 0 Å². The average Bonchev–Trinajstić information content (AvgIpc) is 3.44. The molecular formula is C72H124O6. The number of carbonyl (C=O) groups is 3. The molecule has 78 heavy (non-hydrogen) atoms. The molecule has 0 aliphatic rings. The second-order valence-corrected chi connectivity index (χ2v) is 22.0. The van der Waals surface area contributed by atoms with E-state index >= 15 is 0 Å². The molecule has 0 aromatic heterocycles. The highest BCUT2D eigenvalue weighted by Crippen LogP contribution is 2.17. The van der Waals surface area contributed by atoms with E-state index in [0.29, 0.717) is 12.8 Å². The van der Waals surface area contributed by atoms with Crippen LogP contribution in [0.3, 0.4) is 0 Å². The smallest absolute Gasteiger partial charge is 0.306 e. The highest BCUT2D eigenvalue weighted by molar-refractivity contribution is 5.71. The van der Waals surface area contributed by atoms with Gasteiger partial charge in [0.05, 0.1) is 0 Å². The van der Waals surface area contributed by atoms with Crippen molar-refractivity contribution >= 4 is 17.9 Å². The number of unbranched alkanes of at least 4 members (excludes halogenated alkanes) is 33. The molecule has 0 N–H and O–H groups in total. The summed E-state index contributed by atoms with van der Waals surface area (Å²) in [5.74, 6) is -0.923. The van der Waals surface area contributed by atoms with Gasteiger partial charge in [-0.25, -0.2) is 0 Å². The molecule has 1 atom stereocenters. The molecule has 0 radical (unpaired) electrons. The summed E-state index contributed by atoms with van der Waals surface area (Å²) >= 11 is 0. The van der Waals surface area contributed by atoms with E-state index < -0.39 is 6.10 Å². The summed E-state index contributed by atoms with van der Waals surface area (Å²) in [5.41, 5.74) is 0. The summed E-state index contributed by atoms with van der Waals surface area (Å²) in [6, 6.07) is 0. The van der Waals surface area contributed by atoms with Crippen LogP contribution < -0.4 is 0 Å². The zero-order valence-corrected chi connectivity index (χ0v) is 51.4. The zero-order valence-electron chi connectivity index (χ0n) is 51.4. The number of carbonyl (C=O) groups excluding carboxylic acids is 3. The first-order valence-electron chi connectivity index (χ1n) is 33.2. The first-order valence-corrected chi connectivity index (χ1v) is 33.2. The van der Waals surface area contributed by atoms with Gasteiger partial charge in [0.1, 0.15) is 13.2 Å². The van der Waals surface area contributed by atoms with Crippen molar-refractivity contribution in [2.45, 2.75) is 329 Å². The Balaban J connectivity index is 4.11. The summed E-state index contributed by atoms with van der Waals surface area (Å²) in [6.45, 7) is 6.46. The zero-order chi connectivity index (χ0) is 56.4. The van der Waals surface area contributed by atoms with Gasteiger partial charge in [0.2, 0.25) is 0 Å². The quantitative estimate of drug-likeness (QED) is 0.0261. The molecule has 0 fully saturated rings. The fraction of sp³-hybridized carbons (Fsp3) is 0.736. The SMILES string of the molecule is CC/C=C\C/C=C\C/C=C\C/C=C\C/C=C\C/C=C\C/C=C\CCCCCC(=O)OC(COC(=O)CCCCCCCC)COC(=O)CCCCCCCCCCCCCCCCCCC/C=C\CCCCCCCCCC. The molecule has 6 nitrogen and oxygen atoms in total. The molecule has 0 amide bonds. The maximum atomic E-state index is 12.8. The van der Waals surface area contributed by atoms with E-state index in [2.05, 4.69) is 118 Å². The number of esters is 3. The Morgan fingerprint density at radius 1 is 0.269 bits per heavy atom. The normalized spacial score (nSPS) is 12.7. The Labute approximate surface area is 483 Å². The minimum absolute atomic E-state index is 0.0891. The lowest BCUT2D eigenvalue weighted by Crippen LogP contribution is -2.30. The Bertz CT molecular complexity index is 1530. The molecule has 0 aliphatic heterocycles. The van der Waals surface area contributed by atoms with Gasteiger partial charge in [-0.05, 0) is 103 Å². The van der Waals surface area contributed by atoms with Gasteiger partial charge in [-0.1, -0.05) is 298 Å². The van der Waals surface area contributed by atoms with Crippen LogP contribution in [-0.4, -0.2) is 37.2 Å². The second-order valence-electron chi connectivity index (χ2n) is 22.0. The van der Waals surface area contributed by atoms with Crippen molar-refractivity contribution in [1.29, 1.82) is 0 Å². The fourth-order valence-electron chi connectivity index (χ4n) is 9.36. The van der Waals surface area contributed by atoms with Crippen LogP contribution in [0.25, 0.3) is 0 Å². The van der Waals surface area contributed by atoms with Gasteiger partial charge in [-0.15, -0.1) is 0 Å². The molecular weight excluding hydrogens is 961 g/mol. The molecule has 0 aromatic carbocycles. The van der Waals surface area contributed by atoms with Gasteiger partial charge >= 0.3 is 17.9 Å². The maximum Gasteiger partial charge on any atom is 0.306 e. The third-order valence-electron chi connectivity index (χ3n) is 14.3. The van der Waals surface area contributed by atoms with Gasteiger partial charge < -0.3 is 14.2 Å². The molecule has 0 saturated carbocycles. The largest absolute Gasteiger partial charge is 0.462 e. The lowest BCUT2D eigenvalue weighted by atomic mass is 10.0. The number of allylic oxidation sites excluding steroid dienone is 16. The van der Waals surface area contributed by atoms with Gasteiger partial charge in [0.15, 0.2) is 6.10 Å². The Hall–Kier alpha value is -3.67. The molecule has 0 spiro atoms. The van der Waals surface area contributed by atoms with E-state index in [0.717, 1.165) is 109 Å². The molecule has 0 bridgehead atoms. The van der Waals surface area contributed by atoms with Crippen LogP contribution in [0.4, 0.5) is 0 Å². The standard InChI is InChI=1S/C72H124O6/c1-4-7-10-13-16-18-20-22-24-26-28-30-32-34-35-36-37-39-40-42-44-46-48-50-52-54-56-59-62-65-71(74)77-68-69(67-76-70(73)64-61-58-15-12-9-6-3)78-72(75)66-63-60-57-55-53-51-49-47-45-43-41-38-33-31-29-27-25-23-21-19-17-14-11-8-5-2/h8,11,17,19,23,25-26,28-29,31,38,41,45,47,51,53,69H,4-7,9-10,12-16,18,20-22,24,27,30,32-37,39-40,42-44,46,48-50,52,54-68H2,1-3H3/b11-8-,19-17-,25-23-,28-26-,31-29-,41-38-,47-45-,53-51-. The van der Waals surface area contributed by atoms with Crippen molar-refractivity contribution in [3.8, 4) is 0 Å². The predicted octanol–water partition coefficient (Wildman–Crippen LogP) is 22.8. The average molecular weight is 1090 g/mol. The summed E-state index contributed by atoms with van der Waals surface area (Å²) in [4.78, 5) is 38.0. The highest BCUT2D eigenvalue weighted by Gasteiger charge is 2.19. The van der Waals surface area contributed by atoms with Crippen molar-refractivity contribution in [3.63, 3.8) is 0 Å². The van der Waals surface area contributed by atoms with E-state index in [9.17, 15) is 14.4 Å². The van der Waals surface area contributed by atoms with Gasteiger partial charge in [-0.3, -0.25) is 14.4 Å². The molecule has 0 saturated heterocycles. The molecule has 448 valence electrons. The summed E-state index contributed by atoms with van der Waals surface area (Å²) in [5, 5.41) is 0. The van der Waals surface area contributed by atoms with E-state index in [4.69, 9.17) is 14.2 Å². The molecule has 0 aliphatic carbocycles. The summed E-state index contributed by atoms with van der Waals surface area (Å²) in [6.07, 6.45) is 89.0. The summed E-state index contributed by atoms with van der Waals surface area (Å²) in [7, 11) is 0. The fourth-order valence-corrected chi connectivity index (χ4v) is 9.36. The second kappa shape index (κ2) is 65.8. The molecule has 0 heterocycles. The lowest BCUT2D eigenvalue weighted by Gasteiger charge is -2.18. The van der Waals surface area contributed by atoms with Crippen LogP contribution >= 0.6 is 0 Å². The van der Waals surface area contributed by atoms with E-state index in [1.165, 1.54) is 173 Å². The van der Waals surface area contributed by atoms with E-state index in [1.54, 1.807) is 0 Å². The van der Waals surface area contributed by atoms with Crippen molar-refractivity contribution in [3.05, 3.63) is 97.2 Å². The number of hydrogen-bond acceptors (Lipinski definition) is 6. The van der Waals surface area contributed by atoms with Crippen molar-refractivity contribution in [1.82, 2.24) is 0 Å². The molecule has 6 heteroatoms. The maximum absolute atomic E-state index is 12.8. The number of ether oxygens (including phenoxy) is 3. The van der Waals surface area contributed by atoms with Crippen LogP contribution in [0.2, 0.25) is 0 Å². The highest BCUT2D eigenvalue weighted by atomic mass is 16.6. The first kappa shape index (κ1) is 74.3. The lowest BCUT2D eigenvalue weighted by molar-refractivity contribution is -0.167. The van der Waals surface area contributed by atoms with Crippen LogP contribution in [-0.2, 0) is 28.6 Å². The predicted molar refractivity (Wildman–Crippen MR) is 339 cm³/mol. The van der Waals surface area contributed by atoms with E-state index in [1.807, 2.05) is 0 Å². The Kier molecular flexibility index (Phi) is 62.7. The minimum Gasteiger partial charge on any atom is -0.462 e. The van der Waals surface area contributed by atoms with Gasteiger partial charge in [0, 0.05) is 19.3 Å². The van der Waals surface area contributed by atoms with Crippen LogP contribution in [0.15, 0.2) is 97.2 Å². The van der Waals surface area contributed by atoms with Crippen molar-refractivity contribution < 1.29 is 28.6 Å². The molecule has 0 rings (SSSR count). The van der Waals surface area contributed by atoms with Crippen LogP contribution in [0.1, 0.15) is 323 Å². The topological polar surface area (TPSA) is 78.9 Å².